The van der Waals surface area contributed by atoms with E-state index in [4.69, 9.17) is 15.2 Å². The second-order valence-corrected chi connectivity index (χ2v) is 5.78. The largest absolute Gasteiger partial charge is 0.491 e. The van der Waals surface area contributed by atoms with Crippen LogP contribution in [0, 0.1) is 20.8 Å². The molecule has 1 heterocycles. The third kappa shape index (κ3) is 2.74. The third-order valence-corrected chi connectivity index (χ3v) is 4.03. The zero-order valence-corrected chi connectivity index (χ0v) is 12.8. The molecule has 3 nitrogen and oxygen atoms in total. The van der Waals surface area contributed by atoms with Gasteiger partial charge in [0.2, 0.25) is 0 Å². The molecule has 0 aromatic heterocycles. The number of fused-ring (bicyclic) bond motifs is 1. The molecule has 0 bridgehead atoms. The maximum atomic E-state index is 5.95. The van der Waals surface area contributed by atoms with E-state index in [-0.39, 0.29) is 6.04 Å². The number of ether oxygens (including phenoxy) is 2. The van der Waals surface area contributed by atoms with E-state index in [1.807, 2.05) is 18.2 Å². The summed E-state index contributed by atoms with van der Waals surface area (Å²) in [5, 5.41) is 0. The van der Waals surface area contributed by atoms with Crippen molar-refractivity contribution in [3.05, 3.63) is 58.1 Å². The molecule has 1 aliphatic heterocycles. The Hall–Kier alpha value is -2.00. The topological polar surface area (TPSA) is 44.5 Å². The number of nitrogens with two attached hydrogens (primary N) is 1. The monoisotopic (exact) mass is 283 g/mol. The molecule has 0 spiro atoms. The average Bonchev–Trinajstić information content (AvgIpc) is 2.79. The van der Waals surface area contributed by atoms with Crippen molar-refractivity contribution in [2.75, 3.05) is 6.61 Å². The van der Waals surface area contributed by atoms with Gasteiger partial charge in [0.05, 0.1) is 6.04 Å². The van der Waals surface area contributed by atoms with Crippen molar-refractivity contribution in [3.63, 3.8) is 0 Å². The average molecular weight is 283 g/mol. The Morgan fingerprint density at radius 3 is 2.57 bits per heavy atom. The molecule has 3 rings (SSSR count). The van der Waals surface area contributed by atoms with Crippen LogP contribution in [-0.4, -0.2) is 6.61 Å². The number of aryl methyl sites for hydroxylation is 3. The van der Waals surface area contributed by atoms with Gasteiger partial charge in [0.15, 0.2) is 0 Å². The lowest BCUT2D eigenvalue weighted by atomic mass is 10.0. The van der Waals surface area contributed by atoms with Crippen LogP contribution in [0.15, 0.2) is 30.3 Å². The van der Waals surface area contributed by atoms with E-state index >= 15 is 0 Å². The van der Waals surface area contributed by atoms with Gasteiger partial charge >= 0.3 is 0 Å². The maximum Gasteiger partial charge on any atom is 0.127 e. The molecule has 2 aromatic carbocycles. The summed E-state index contributed by atoms with van der Waals surface area (Å²) in [4.78, 5) is 0. The Kier molecular flexibility index (Phi) is 3.60. The molecule has 0 radical (unpaired) electrons. The van der Waals surface area contributed by atoms with Crippen molar-refractivity contribution >= 4 is 0 Å². The van der Waals surface area contributed by atoms with Gasteiger partial charge in [-0.25, -0.2) is 0 Å². The second-order valence-electron chi connectivity index (χ2n) is 5.78. The third-order valence-electron chi connectivity index (χ3n) is 4.03. The molecular weight excluding hydrogens is 262 g/mol. The Morgan fingerprint density at radius 2 is 1.86 bits per heavy atom. The summed E-state index contributed by atoms with van der Waals surface area (Å²) in [6, 6.07) is 10.3. The predicted molar refractivity (Wildman–Crippen MR) is 83.9 cm³/mol. The molecule has 21 heavy (non-hydrogen) atoms. The van der Waals surface area contributed by atoms with Crippen LogP contribution in [-0.2, 0) is 6.61 Å². The Labute approximate surface area is 125 Å². The highest BCUT2D eigenvalue weighted by molar-refractivity contribution is 5.45. The molecule has 3 heteroatoms. The van der Waals surface area contributed by atoms with Gasteiger partial charge in [-0.05, 0) is 49.6 Å². The van der Waals surface area contributed by atoms with E-state index in [1.54, 1.807) is 0 Å². The van der Waals surface area contributed by atoms with E-state index in [1.165, 1.54) is 22.3 Å². The maximum absolute atomic E-state index is 5.95. The first-order valence-corrected chi connectivity index (χ1v) is 7.26. The van der Waals surface area contributed by atoms with Crippen molar-refractivity contribution < 1.29 is 9.47 Å². The van der Waals surface area contributed by atoms with E-state index in [2.05, 4.69) is 32.9 Å². The van der Waals surface area contributed by atoms with Gasteiger partial charge < -0.3 is 15.2 Å². The van der Waals surface area contributed by atoms with Crippen molar-refractivity contribution in [1.82, 2.24) is 0 Å². The summed E-state index contributed by atoms with van der Waals surface area (Å²) < 4.78 is 11.5. The molecule has 0 fully saturated rings. The summed E-state index contributed by atoms with van der Waals surface area (Å²) >= 11 is 0. The van der Waals surface area contributed by atoms with Crippen LogP contribution in [0.3, 0.4) is 0 Å². The molecule has 1 atom stereocenters. The van der Waals surface area contributed by atoms with E-state index < -0.39 is 0 Å². The highest BCUT2D eigenvalue weighted by Gasteiger charge is 2.20. The summed E-state index contributed by atoms with van der Waals surface area (Å²) in [6.07, 6.45) is 0. The van der Waals surface area contributed by atoms with Crippen molar-refractivity contribution in [1.29, 1.82) is 0 Å². The molecular formula is C18H21NO2. The van der Waals surface area contributed by atoms with Gasteiger partial charge in [-0.3, -0.25) is 0 Å². The minimum Gasteiger partial charge on any atom is -0.491 e. The first kappa shape index (κ1) is 14.0. The van der Waals surface area contributed by atoms with Crippen LogP contribution >= 0.6 is 0 Å². The highest BCUT2D eigenvalue weighted by atomic mass is 16.5. The van der Waals surface area contributed by atoms with Crippen LogP contribution < -0.4 is 15.2 Å². The molecule has 0 saturated carbocycles. The highest BCUT2D eigenvalue weighted by Crippen LogP contribution is 2.34. The number of hydrogen-bond donors (Lipinski definition) is 1. The SMILES string of the molecule is Cc1cc(C)c(COc2ccc3c(c2)OCC3N)c(C)c1. The fraction of sp³-hybridized carbons (Fsp3) is 0.333. The first-order chi connectivity index (χ1) is 10.0. The molecule has 0 saturated heterocycles. The van der Waals surface area contributed by atoms with Gasteiger partial charge in [0.25, 0.3) is 0 Å². The minimum atomic E-state index is -0.0179. The van der Waals surface area contributed by atoms with Crippen LogP contribution in [0.25, 0.3) is 0 Å². The van der Waals surface area contributed by atoms with Crippen molar-refractivity contribution in [2.45, 2.75) is 33.4 Å². The van der Waals surface area contributed by atoms with Gasteiger partial charge in [-0.15, -0.1) is 0 Å². The smallest absolute Gasteiger partial charge is 0.127 e. The Morgan fingerprint density at radius 1 is 1.14 bits per heavy atom. The second kappa shape index (κ2) is 5.41. The fourth-order valence-corrected chi connectivity index (χ4v) is 2.90. The normalized spacial score (nSPS) is 16.5. The number of rotatable bonds is 3. The molecule has 0 amide bonds. The number of benzene rings is 2. The first-order valence-electron chi connectivity index (χ1n) is 7.26. The summed E-state index contributed by atoms with van der Waals surface area (Å²) in [5.74, 6) is 1.67. The number of hydrogen-bond acceptors (Lipinski definition) is 3. The van der Waals surface area contributed by atoms with E-state index in [9.17, 15) is 0 Å². The zero-order valence-electron chi connectivity index (χ0n) is 12.8. The lowest BCUT2D eigenvalue weighted by Crippen LogP contribution is -2.10. The van der Waals surface area contributed by atoms with Crippen LogP contribution in [0.2, 0.25) is 0 Å². The lowest BCUT2D eigenvalue weighted by molar-refractivity contribution is 0.299. The standard InChI is InChI=1S/C18H21NO2/c1-11-6-12(2)16(13(3)7-11)9-20-14-4-5-15-17(19)10-21-18(15)8-14/h4-8,17H,9-10,19H2,1-3H3. The molecule has 0 aliphatic carbocycles. The summed E-state index contributed by atoms with van der Waals surface area (Å²) in [7, 11) is 0. The molecule has 1 aliphatic rings. The lowest BCUT2D eigenvalue weighted by Gasteiger charge is -2.13. The molecule has 2 N–H and O–H groups in total. The summed E-state index contributed by atoms with van der Waals surface area (Å²) in [5.41, 5.74) is 12.1. The Bertz CT molecular complexity index is 656. The molecule has 2 aromatic rings. The van der Waals surface area contributed by atoms with E-state index in [0.717, 1.165) is 17.1 Å². The quantitative estimate of drug-likeness (QED) is 0.936. The van der Waals surface area contributed by atoms with Crippen molar-refractivity contribution in [3.8, 4) is 11.5 Å². The van der Waals surface area contributed by atoms with Crippen LogP contribution in [0.5, 0.6) is 11.5 Å². The zero-order chi connectivity index (χ0) is 15.0. The Balaban J connectivity index is 1.77. The van der Waals surface area contributed by atoms with Crippen LogP contribution in [0.1, 0.15) is 33.9 Å². The fourth-order valence-electron chi connectivity index (χ4n) is 2.90. The van der Waals surface area contributed by atoms with Gasteiger partial charge in [0, 0.05) is 11.6 Å². The van der Waals surface area contributed by atoms with Gasteiger partial charge in [-0.2, -0.15) is 0 Å². The predicted octanol–water partition coefficient (Wildman–Crippen LogP) is 3.58. The molecule has 110 valence electrons. The van der Waals surface area contributed by atoms with Crippen LogP contribution in [0.4, 0.5) is 0 Å². The van der Waals surface area contributed by atoms with Gasteiger partial charge in [-0.1, -0.05) is 17.7 Å². The summed E-state index contributed by atoms with van der Waals surface area (Å²) in [6.45, 7) is 7.50. The minimum absolute atomic E-state index is 0.0179. The van der Waals surface area contributed by atoms with E-state index in [0.29, 0.717) is 13.2 Å². The van der Waals surface area contributed by atoms with Gasteiger partial charge in [0.1, 0.15) is 24.7 Å². The molecule has 1 unspecified atom stereocenters. The van der Waals surface area contributed by atoms with Crippen molar-refractivity contribution in [2.24, 2.45) is 5.73 Å².